The van der Waals surface area contributed by atoms with Gasteiger partial charge in [-0.1, -0.05) is 24.3 Å². The maximum Gasteiger partial charge on any atom is 0.242 e. The Balaban J connectivity index is 1.48. The zero-order valence-corrected chi connectivity index (χ0v) is 17.2. The molecule has 29 heavy (non-hydrogen) atoms. The summed E-state index contributed by atoms with van der Waals surface area (Å²) in [5.41, 5.74) is 7.78. The molecule has 0 radical (unpaired) electrons. The molecule has 2 aromatic rings. The van der Waals surface area contributed by atoms with E-state index in [2.05, 4.69) is 16.2 Å². The molecule has 2 aromatic carbocycles. The second-order valence-electron chi connectivity index (χ2n) is 7.18. The average molecular weight is 421 g/mol. The van der Waals surface area contributed by atoms with Gasteiger partial charge in [-0.05, 0) is 41.8 Å². The van der Waals surface area contributed by atoms with Gasteiger partial charge in [-0.15, -0.1) is 0 Å². The molecule has 1 heterocycles. The Morgan fingerprint density at radius 3 is 2.55 bits per heavy atom. The molecular formula is C20H25FN4O3S. The summed E-state index contributed by atoms with van der Waals surface area (Å²) in [5.74, 6) is -0.407. The van der Waals surface area contributed by atoms with Gasteiger partial charge in [0.05, 0.1) is 11.1 Å². The minimum Gasteiger partial charge on any atom is -0.339 e. The van der Waals surface area contributed by atoms with Crippen LogP contribution in [0.4, 0.5) is 4.39 Å². The van der Waals surface area contributed by atoms with Gasteiger partial charge in [0.15, 0.2) is 0 Å². The van der Waals surface area contributed by atoms with Gasteiger partial charge in [0.1, 0.15) is 5.82 Å². The van der Waals surface area contributed by atoms with Crippen LogP contribution in [0, 0.1) is 5.82 Å². The Kier molecular flexibility index (Phi) is 6.63. The molecule has 1 saturated heterocycles. The van der Waals surface area contributed by atoms with E-state index in [-0.39, 0.29) is 35.2 Å². The number of carbonyl (C=O) groups excluding carboxylic acids is 1. The van der Waals surface area contributed by atoms with Crippen molar-refractivity contribution in [3.05, 3.63) is 65.5 Å². The third-order valence-corrected chi connectivity index (χ3v) is 6.66. The maximum absolute atomic E-state index is 13.4. The molecule has 2 atom stereocenters. The van der Waals surface area contributed by atoms with Crippen molar-refractivity contribution in [3.8, 4) is 0 Å². The van der Waals surface area contributed by atoms with E-state index in [0.717, 1.165) is 15.4 Å². The number of sulfonamides is 1. The first-order valence-corrected chi connectivity index (χ1v) is 10.8. The minimum absolute atomic E-state index is 0.0813. The molecule has 2 unspecified atom stereocenters. The number of nitrogens with one attached hydrogen (secondary N) is 3. The number of hydrazine groups is 1. The van der Waals surface area contributed by atoms with Gasteiger partial charge >= 0.3 is 0 Å². The van der Waals surface area contributed by atoms with Crippen LogP contribution in [-0.4, -0.2) is 38.9 Å². The van der Waals surface area contributed by atoms with Gasteiger partial charge in [-0.2, -0.15) is 0 Å². The normalized spacial score (nSPS) is 19.4. The van der Waals surface area contributed by atoms with Crippen molar-refractivity contribution in [1.29, 1.82) is 0 Å². The van der Waals surface area contributed by atoms with Gasteiger partial charge in [0.2, 0.25) is 15.9 Å². The van der Waals surface area contributed by atoms with Crippen LogP contribution in [0.2, 0.25) is 0 Å². The van der Waals surface area contributed by atoms with E-state index in [1.165, 1.54) is 26.2 Å². The molecule has 0 aliphatic carbocycles. The third kappa shape index (κ3) is 5.39. The summed E-state index contributed by atoms with van der Waals surface area (Å²) in [4.78, 5) is 12.5. The van der Waals surface area contributed by atoms with Gasteiger partial charge in [0.25, 0.3) is 0 Å². The fourth-order valence-electron chi connectivity index (χ4n) is 3.16. The van der Waals surface area contributed by atoms with E-state index < -0.39 is 10.0 Å². The summed E-state index contributed by atoms with van der Waals surface area (Å²) < 4.78 is 38.7. The van der Waals surface area contributed by atoms with Crippen molar-refractivity contribution in [1.82, 2.24) is 20.5 Å². The standard InChI is InChI=1S/C20H25FN4O3S/c1-25(2)29(27,28)17-9-6-14(7-10-17)8-11-20(26)22-19-13-18(23-24-19)15-4-3-5-16(21)12-15/h3-7,9-10,12,18-19,23-24H,8,11,13H2,1-2H3,(H,22,26). The van der Waals surface area contributed by atoms with E-state index in [1.807, 2.05) is 6.07 Å². The van der Waals surface area contributed by atoms with Crippen molar-refractivity contribution in [2.45, 2.75) is 36.4 Å². The van der Waals surface area contributed by atoms with Crippen molar-refractivity contribution in [3.63, 3.8) is 0 Å². The zero-order valence-electron chi connectivity index (χ0n) is 16.4. The van der Waals surface area contributed by atoms with Gasteiger partial charge < -0.3 is 5.32 Å². The highest BCUT2D eigenvalue weighted by molar-refractivity contribution is 7.89. The SMILES string of the molecule is CN(C)S(=O)(=O)c1ccc(CCC(=O)NC2CC(c3cccc(F)c3)NN2)cc1. The molecule has 7 nitrogen and oxygen atoms in total. The zero-order chi connectivity index (χ0) is 21.0. The van der Waals surface area contributed by atoms with Crippen LogP contribution in [0.25, 0.3) is 0 Å². The lowest BCUT2D eigenvalue weighted by atomic mass is 10.0. The Morgan fingerprint density at radius 1 is 1.17 bits per heavy atom. The lowest BCUT2D eigenvalue weighted by molar-refractivity contribution is -0.121. The fourth-order valence-corrected chi connectivity index (χ4v) is 4.06. The molecule has 0 spiro atoms. The number of benzene rings is 2. The van der Waals surface area contributed by atoms with Gasteiger partial charge in [-0.3, -0.25) is 4.79 Å². The highest BCUT2D eigenvalue weighted by Crippen LogP contribution is 2.22. The monoisotopic (exact) mass is 420 g/mol. The molecular weight excluding hydrogens is 395 g/mol. The van der Waals surface area contributed by atoms with E-state index in [4.69, 9.17) is 0 Å². The molecule has 1 amide bonds. The predicted octanol–water partition coefficient (Wildman–Crippen LogP) is 1.69. The second kappa shape index (κ2) is 9.00. The Bertz CT molecular complexity index is 964. The molecule has 0 saturated carbocycles. The van der Waals surface area contributed by atoms with E-state index in [9.17, 15) is 17.6 Å². The van der Waals surface area contributed by atoms with Crippen molar-refractivity contribution in [2.24, 2.45) is 0 Å². The molecule has 3 rings (SSSR count). The number of rotatable bonds is 7. The number of hydrogen-bond donors (Lipinski definition) is 3. The molecule has 1 fully saturated rings. The third-order valence-electron chi connectivity index (χ3n) is 4.83. The molecule has 1 aliphatic heterocycles. The van der Waals surface area contributed by atoms with Crippen LogP contribution < -0.4 is 16.2 Å². The Morgan fingerprint density at radius 2 is 1.90 bits per heavy atom. The average Bonchev–Trinajstić information content (AvgIpc) is 3.15. The molecule has 9 heteroatoms. The molecule has 3 N–H and O–H groups in total. The summed E-state index contributed by atoms with van der Waals surface area (Å²) in [6, 6.07) is 12.8. The number of nitrogens with zero attached hydrogens (tertiary/aromatic N) is 1. The topological polar surface area (TPSA) is 90.5 Å². The first kappa shape index (κ1) is 21.4. The van der Waals surface area contributed by atoms with Crippen molar-refractivity contribution >= 4 is 15.9 Å². The quantitative estimate of drug-likeness (QED) is 0.634. The molecule has 0 aromatic heterocycles. The smallest absolute Gasteiger partial charge is 0.242 e. The lowest BCUT2D eigenvalue weighted by Crippen LogP contribution is -2.44. The number of carbonyl (C=O) groups is 1. The summed E-state index contributed by atoms with van der Waals surface area (Å²) in [5, 5.41) is 2.91. The molecule has 1 aliphatic rings. The Labute approximate surface area is 170 Å². The highest BCUT2D eigenvalue weighted by atomic mass is 32.2. The summed E-state index contributed by atoms with van der Waals surface area (Å²) in [6.45, 7) is 0. The Hall–Kier alpha value is -2.33. The van der Waals surface area contributed by atoms with Crippen LogP contribution in [0.3, 0.4) is 0 Å². The fraction of sp³-hybridized carbons (Fsp3) is 0.350. The van der Waals surface area contributed by atoms with Crippen LogP contribution in [0.15, 0.2) is 53.4 Å². The van der Waals surface area contributed by atoms with Gasteiger partial charge in [0, 0.05) is 33.0 Å². The van der Waals surface area contributed by atoms with Crippen LogP contribution in [-0.2, 0) is 21.2 Å². The van der Waals surface area contributed by atoms with Crippen LogP contribution >= 0.6 is 0 Å². The minimum atomic E-state index is -3.46. The van der Waals surface area contributed by atoms with Gasteiger partial charge in [-0.25, -0.2) is 28.0 Å². The summed E-state index contributed by atoms with van der Waals surface area (Å²) in [6.07, 6.45) is 1.14. The van der Waals surface area contributed by atoms with E-state index in [1.54, 1.807) is 30.3 Å². The first-order chi connectivity index (χ1) is 13.8. The maximum atomic E-state index is 13.4. The molecule has 0 bridgehead atoms. The second-order valence-corrected chi connectivity index (χ2v) is 9.34. The number of hydrogen-bond acceptors (Lipinski definition) is 5. The first-order valence-electron chi connectivity index (χ1n) is 9.33. The van der Waals surface area contributed by atoms with Crippen molar-refractivity contribution < 1.29 is 17.6 Å². The summed E-state index contributed by atoms with van der Waals surface area (Å²) in [7, 11) is -0.487. The highest BCUT2D eigenvalue weighted by Gasteiger charge is 2.26. The van der Waals surface area contributed by atoms with Crippen LogP contribution in [0.5, 0.6) is 0 Å². The van der Waals surface area contributed by atoms with Crippen molar-refractivity contribution in [2.75, 3.05) is 14.1 Å². The summed E-state index contributed by atoms with van der Waals surface area (Å²) >= 11 is 0. The lowest BCUT2D eigenvalue weighted by Gasteiger charge is -2.13. The molecule has 156 valence electrons. The number of halogens is 1. The van der Waals surface area contributed by atoms with Crippen LogP contribution in [0.1, 0.15) is 30.0 Å². The van der Waals surface area contributed by atoms with E-state index >= 15 is 0 Å². The number of amides is 1. The predicted molar refractivity (Wildman–Crippen MR) is 108 cm³/mol. The number of aryl methyl sites for hydroxylation is 1. The van der Waals surface area contributed by atoms with E-state index in [0.29, 0.717) is 12.8 Å². The largest absolute Gasteiger partial charge is 0.339 e.